The van der Waals surface area contributed by atoms with Crippen LogP contribution >= 0.6 is 11.6 Å². The molecule has 29 heavy (non-hydrogen) atoms. The summed E-state index contributed by atoms with van der Waals surface area (Å²) in [4.78, 5) is 22.8. The van der Waals surface area contributed by atoms with E-state index in [-0.39, 0.29) is 5.91 Å². The van der Waals surface area contributed by atoms with Gasteiger partial charge in [-0.2, -0.15) is 4.80 Å². The molecule has 1 amide bonds. The molecule has 0 aliphatic carbocycles. The second-order valence-corrected chi connectivity index (χ2v) is 7.32. The maximum atomic E-state index is 13.1. The molecule has 8 nitrogen and oxygen atoms in total. The van der Waals surface area contributed by atoms with E-state index < -0.39 is 6.04 Å². The lowest BCUT2D eigenvalue weighted by Crippen LogP contribution is -2.50. The fourth-order valence-corrected chi connectivity index (χ4v) is 3.59. The molecule has 0 spiro atoms. The summed E-state index contributed by atoms with van der Waals surface area (Å²) in [5.74, 6) is 0.511. The molecule has 1 aliphatic heterocycles. The van der Waals surface area contributed by atoms with Crippen LogP contribution in [0, 0.1) is 0 Å². The molecule has 1 aromatic carbocycles. The highest BCUT2D eigenvalue weighted by Crippen LogP contribution is 2.21. The van der Waals surface area contributed by atoms with Crippen molar-refractivity contribution in [2.75, 3.05) is 31.1 Å². The Morgan fingerprint density at radius 2 is 1.76 bits per heavy atom. The standard InChI is InChI=1S/C20H22ClN7O/c1-2-18(28-24-19(23-25-28)15-3-5-16(21)6-4-15)20(29)27-13-11-26(12-14-27)17-7-9-22-10-8-17/h3-10,18H,2,11-14H2,1H3. The van der Waals surface area contributed by atoms with Crippen molar-refractivity contribution in [1.82, 2.24) is 30.1 Å². The van der Waals surface area contributed by atoms with Crippen molar-refractivity contribution in [3.63, 3.8) is 0 Å². The van der Waals surface area contributed by atoms with Crippen molar-refractivity contribution in [2.45, 2.75) is 19.4 Å². The summed E-state index contributed by atoms with van der Waals surface area (Å²) in [5, 5.41) is 13.4. The first-order valence-electron chi connectivity index (χ1n) is 9.65. The third-order valence-corrected chi connectivity index (χ3v) is 5.35. The van der Waals surface area contributed by atoms with Gasteiger partial charge in [0.2, 0.25) is 11.7 Å². The highest BCUT2D eigenvalue weighted by atomic mass is 35.5. The number of carbonyl (C=O) groups excluding carboxylic acids is 1. The molecule has 1 unspecified atom stereocenters. The summed E-state index contributed by atoms with van der Waals surface area (Å²) in [6.07, 6.45) is 4.17. The topological polar surface area (TPSA) is 80.0 Å². The number of pyridine rings is 1. The van der Waals surface area contributed by atoms with Gasteiger partial charge in [-0.15, -0.1) is 10.2 Å². The number of aromatic nitrogens is 5. The number of nitrogens with zero attached hydrogens (tertiary/aromatic N) is 7. The van der Waals surface area contributed by atoms with Crippen LogP contribution in [0.5, 0.6) is 0 Å². The van der Waals surface area contributed by atoms with Gasteiger partial charge in [0.1, 0.15) is 0 Å². The summed E-state index contributed by atoms with van der Waals surface area (Å²) in [6.45, 7) is 4.86. The quantitative estimate of drug-likeness (QED) is 0.642. The second-order valence-electron chi connectivity index (χ2n) is 6.88. The molecule has 1 fully saturated rings. The number of carbonyl (C=O) groups is 1. The van der Waals surface area contributed by atoms with Crippen molar-refractivity contribution < 1.29 is 4.79 Å². The fraction of sp³-hybridized carbons (Fsp3) is 0.350. The second kappa shape index (κ2) is 8.57. The predicted octanol–water partition coefficient (Wildman–Crippen LogP) is 2.69. The van der Waals surface area contributed by atoms with Crippen molar-refractivity contribution in [1.29, 1.82) is 0 Å². The third kappa shape index (κ3) is 4.22. The van der Waals surface area contributed by atoms with Crippen molar-refractivity contribution in [2.24, 2.45) is 0 Å². The Hall–Kier alpha value is -3.00. The molecule has 1 saturated heterocycles. The van der Waals surface area contributed by atoms with Crippen LogP contribution in [-0.4, -0.2) is 62.2 Å². The number of hydrogen-bond acceptors (Lipinski definition) is 6. The Bertz CT molecular complexity index is 952. The van der Waals surface area contributed by atoms with Crippen LogP contribution in [0.1, 0.15) is 19.4 Å². The number of anilines is 1. The zero-order valence-corrected chi connectivity index (χ0v) is 16.9. The fourth-order valence-electron chi connectivity index (χ4n) is 3.46. The van der Waals surface area contributed by atoms with Gasteiger partial charge in [-0.1, -0.05) is 18.5 Å². The van der Waals surface area contributed by atoms with E-state index >= 15 is 0 Å². The zero-order valence-electron chi connectivity index (χ0n) is 16.1. The number of halogens is 1. The Balaban J connectivity index is 1.43. The lowest BCUT2D eigenvalue weighted by atomic mass is 10.2. The predicted molar refractivity (Wildman–Crippen MR) is 111 cm³/mol. The molecule has 0 bridgehead atoms. The lowest BCUT2D eigenvalue weighted by Gasteiger charge is -2.37. The molecule has 0 saturated carbocycles. The van der Waals surface area contributed by atoms with E-state index in [2.05, 4.69) is 25.3 Å². The normalized spacial score (nSPS) is 15.4. The Labute approximate surface area is 174 Å². The number of rotatable bonds is 5. The molecular weight excluding hydrogens is 390 g/mol. The number of amides is 1. The van der Waals surface area contributed by atoms with Crippen molar-refractivity contribution in [3.05, 3.63) is 53.8 Å². The molecule has 2 aromatic heterocycles. The smallest absolute Gasteiger partial charge is 0.249 e. The van der Waals surface area contributed by atoms with Crippen molar-refractivity contribution >= 4 is 23.2 Å². The van der Waals surface area contributed by atoms with Crippen molar-refractivity contribution in [3.8, 4) is 11.4 Å². The lowest BCUT2D eigenvalue weighted by molar-refractivity contribution is -0.135. The molecule has 4 rings (SSSR count). The van der Waals surface area contributed by atoms with Gasteiger partial charge >= 0.3 is 0 Å². The molecule has 3 heterocycles. The van der Waals surface area contributed by atoms with E-state index in [0.717, 1.165) is 24.3 Å². The first-order valence-corrected chi connectivity index (χ1v) is 10.0. The Morgan fingerprint density at radius 1 is 1.07 bits per heavy atom. The van der Waals surface area contributed by atoms with E-state index in [1.165, 1.54) is 4.80 Å². The van der Waals surface area contributed by atoms with Crippen LogP contribution in [0.4, 0.5) is 5.69 Å². The number of benzene rings is 1. The van der Waals surface area contributed by atoms with Gasteiger partial charge in [-0.3, -0.25) is 9.78 Å². The summed E-state index contributed by atoms with van der Waals surface area (Å²) in [5.41, 5.74) is 1.94. The molecular formula is C20H22ClN7O. The van der Waals surface area contributed by atoms with Gasteiger partial charge in [0, 0.05) is 54.8 Å². The largest absolute Gasteiger partial charge is 0.368 e. The molecule has 9 heteroatoms. The average molecular weight is 412 g/mol. The van der Waals surface area contributed by atoms with Gasteiger partial charge in [0.05, 0.1) is 0 Å². The zero-order chi connectivity index (χ0) is 20.2. The molecule has 1 atom stereocenters. The highest BCUT2D eigenvalue weighted by molar-refractivity contribution is 6.30. The first-order chi connectivity index (χ1) is 14.2. The summed E-state index contributed by atoms with van der Waals surface area (Å²) < 4.78 is 0. The summed E-state index contributed by atoms with van der Waals surface area (Å²) in [7, 11) is 0. The number of piperazine rings is 1. The number of hydrogen-bond donors (Lipinski definition) is 0. The van der Waals surface area contributed by atoms with E-state index in [4.69, 9.17) is 11.6 Å². The van der Waals surface area contributed by atoms with Gasteiger partial charge < -0.3 is 9.80 Å². The maximum absolute atomic E-state index is 13.1. The van der Waals surface area contributed by atoms with Gasteiger partial charge in [0.15, 0.2) is 6.04 Å². The SMILES string of the molecule is CCC(C(=O)N1CCN(c2ccncc2)CC1)n1nnc(-c2ccc(Cl)cc2)n1. The minimum absolute atomic E-state index is 0.0296. The van der Waals surface area contributed by atoms with Crippen LogP contribution in [0.15, 0.2) is 48.8 Å². The van der Waals surface area contributed by atoms with Crippen LogP contribution in [0.25, 0.3) is 11.4 Å². The van der Waals surface area contributed by atoms with E-state index in [1.54, 1.807) is 24.5 Å². The van der Waals surface area contributed by atoms with Crippen LogP contribution in [0.3, 0.4) is 0 Å². The van der Waals surface area contributed by atoms with E-state index in [0.29, 0.717) is 30.4 Å². The monoisotopic (exact) mass is 411 g/mol. The maximum Gasteiger partial charge on any atom is 0.249 e. The molecule has 150 valence electrons. The Morgan fingerprint density at radius 3 is 2.41 bits per heavy atom. The van der Waals surface area contributed by atoms with Gasteiger partial charge in [0.25, 0.3) is 0 Å². The summed E-state index contributed by atoms with van der Waals surface area (Å²) in [6, 6.07) is 10.8. The van der Waals surface area contributed by atoms with Crippen LogP contribution in [0.2, 0.25) is 5.02 Å². The highest BCUT2D eigenvalue weighted by Gasteiger charge is 2.29. The molecule has 3 aromatic rings. The van der Waals surface area contributed by atoms with Crippen LogP contribution in [-0.2, 0) is 4.79 Å². The van der Waals surface area contributed by atoms with E-state index in [9.17, 15) is 4.79 Å². The van der Waals surface area contributed by atoms with Crippen LogP contribution < -0.4 is 4.90 Å². The van der Waals surface area contributed by atoms with Gasteiger partial charge in [-0.05, 0) is 48.0 Å². The molecule has 0 radical (unpaired) electrons. The number of tetrazole rings is 1. The third-order valence-electron chi connectivity index (χ3n) is 5.10. The van der Waals surface area contributed by atoms with E-state index in [1.807, 2.05) is 36.1 Å². The minimum Gasteiger partial charge on any atom is -0.368 e. The summed E-state index contributed by atoms with van der Waals surface area (Å²) >= 11 is 5.94. The van der Waals surface area contributed by atoms with Gasteiger partial charge in [-0.25, -0.2) is 0 Å². The molecule has 1 aliphatic rings. The minimum atomic E-state index is -0.462. The first kappa shape index (κ1) is 19.3. The Kier molecular flexibility index (Phi) is 5.71. The average Bonchev–Trinajstić information content (AvgIpc) is 3.25. The molecule has 0 N–H and O–H groups in total.